The lowest BCUT2D eigenvalue weighted by Gasteiger charge is -2.13. The van der Waals surface area contributed by atoms with Crippen LogP contribution in [0.1, 0.15) is 45.5 Å². The maximum absolute atomic E-state index is 12.0. The van der Waals surface area contributed by atoms with Crippen molar-refractivity contribution in [2.45, 2.75) is 39.2 Å². The maximum Gasteiger partial charge on any atom is 0.326 e. The fourth-order valence-corrected chi connectivity index (χ4v) is 1.95. The predicted molar refractivity (Wildman–Crippen MR) is 89.0 cm³/mol. The van der Waals surface area contributed by atoms with E-state index in [2.05, 4.69) is 15.5 Å². The minimum absolute atomic E-state index is 0.00494. The number of aromatic nitrogens is 2. The fourth-order valence-electron chi connectivity index (χ4n) is 1.95. The average Bonchev–Trinajstić information content (AvgIpc) is 3.03. The predicted octanol–water partition coefficient (Wildman–Crippen LogP) is 3.09. The molecular weight excluding hydrogens is 310 g/mol. The smallest absolute Gasteiger partial charge is 0.326 e. The van der Waals surface area contributed by atoms with E-state index in [9.17, 15) is 4.79 Å². The summed E-state index contributed by atoms with van der Waals surface area (Å²) < 4.78 is 15.7. The Balaban J connectivity index is 1.91. The van der Waals surface area contributed by atoms with Crippen LogP contribution in [-0.2, 0) is 14.9 Å². The van der Waals surface area contributed by atoms with Gasteiger partial charge in [0, 0.05) is 5.41 Å². The first-order chi connectivity index (χ1) is 11.3. The summed E-state index contributed by atoms with van der Waals surface area (Å²) in [5, 5.41) is 6.91. The molecule has 0 fully saturated rings. The second-order valence-corrected chi connectivity index (χ2v) is 6.39. The van der Waals surface area contributed by atoms with E-state index in [0.29, 0.717) is 11.6 Å². The lowest BCUT2D eigenvalue weighted by atomic mass is 9.96. The van der Waals surface area contributed by atoms with Crippen molar-refractivity contribution in [3.63, 3.8) is 0 Å². The number of para-hydroxylation sites is 2. The Morgan fingerprint density at radius 2 is 2.04 bits per heavy atom. The molecule has 130 valence electrons. The van der Waals surface area contributed by atoms with Crippen LogP contribution in [0.25, 0.3) is 0 Å². The Hall–Kier alpha value is -2.57. The van der Waals surface area contributed by atoms with Gasteiger partial charge in [0.1, 0.15) is 12.3 Å². The number of carbonyl (C=O) groups is 1. The number of hydrogen-bond donors (Lipinski definition) is 1. The van der Waals surface area contributed by atoms with Gasteiger partial charge in [0.2, 0.25) is 0 Å². The summed E-state index contributed by atoms with van der Waals surface area (Å²) in [6.45, 7) is 7.65. The van der Waals surface area contributed by atoms with Gasteiger partial charge < -0.3 is 19.3 Å². The van der Waals surface area contributed by atoms with Crippen LogP contribution in [0.3, 0.4) is 0 Å². The van der Waals surface area contributed by atoms with Gasteiger partial charge in [-0.1, -0.05) is 38.1 Å². The summed E-state index contributed by atoms with van der Waals surface area (Å²) in [7, 11) is 1.57. The molecule has 2 rings (SSSR count). The second kappa shape index (κ2) is 7.33. The Morgan fingerprint density at radius 1 is 1.33 bits per heavy atom. The molecule has 0 aliphatic carbocycles. The van der Waals surface area contributed by atoms with Gasteiger partial charge in [-0.05, 0) is 19.1 Å². The highest BCUT2D eigenvalue weighted by Gasteiger charge is 2.24. The normalized spacial score (nSPS) is 12.5. The number of rotatable bonds is 6. The lowest BCUT2D eigenvalue weighted by Crippen LogP contribution is -2.19. The molecule has 0 unspecified atom stereocenters. The van der Waals surface area contributed by atoms with Gasteiger partial charge >= 0.3 is 5.97 Å². The molecule has 7 heteroatoms. The molecule has 0 saturated carbocycles. The number of methoxy groups -OCH3 is 1. The molecule has 0 spiro atoms. The summed E-state index contributed by atoms with van der Waals surface area (Å²) in [5.41, 5.74) is 0.495. The molecule has 0 bridgehead atoms. The Labute approximate surface area is 141 Å². The number of carbonyl (C=O) groups excluding carboxylic acids is 1. The molecule has 24 heavy (non-hydrogen) atoms. The van der Waals surface area contributed by atoms with E-state index in [1.165, 1.54) is 0 Å². The van der Waals surface area contributed by atoms with Crippen LogP contribution in [0.5, 0.6) is 5.75 Å². The number of ether oxygens (including phenoxy) is 2. The average molecular weight is 333 g/mol. The third kappa shape index (κ3) is 4.47. The van der Waals surface area contributed by atoms with Crippen LogP contribution in [0.4, 0.5) is 5.69 Å². The third-order valence-corrected chi connectivity index (χ3v) is 3.30. The van der Waals surface area contributed by atoms with Crippen LogP contribution in [0.15, 0.2) is 28.8 Å². The van der Waals surface area contributed by atoms with Crippen LogP contribution < -0.4 is 10.1 Å². The largest absolute Gasteiger partial charge is 0.495 e. The minimum Gasteiger partial charge on any atom is -0.495 e. The first-order valence-electron chi connectivity index (χ1n) is 7.71. The van der Waals surface area contributed by atoms with Crippen molar-refractivity contribution in [2.24, 2.45) is 0 Å². The summed E-state index contributed by atoms with van der Waals surface area (Å²) in [6.07, 6.45) is -0.611. The van der Waals surface area contributed by atoms with E-state index in [-0.39, 0.29) is 17.9 Å². The van der Waals surface area contributed by atoms with Gasteiger partial charge in [-0.2, -0.15) is 4.98 Å². The quantitative estimate of drug-likeness (QED) is 0.813. The molecule has 7 nitrogen and oxygen atoms in total. The van der Waals surface area contributed by atoms with Crippen LogP contribution in [-0.4, -0.2) is 29.8 Å². The highest BCUT2D eigenvalue weighted by atomic mass is 16.6. The summed E-state index contributed by atoms with van der Waals surface area (Å²) in [5.74, 6) is 1.09. The van der Waals surface area contributed by atoms with E-state index in [4.69, 9.17) is 14.0 Å². The number of anilines is 1. The number of hydrogen-bond acceptors (Lipinski definition) is 7. The van der Waals surface area contributed by atoms with E-state index >= 15 is 0 Å². The number of nitrogens with one attached hydrogen (secondary N) is 1. The third-order valence-electron chi connectivity index (χ3n) is 3.30. The zero-order chi connectivity index (χ0) is 17.7. The van der Waals surface area contributed by atoms with Crippen molar-refractivity contribution in [1.82, 2.24) is 10.1 Å². The van der Waals surface area contributed by atoms with Crippen molar-refractivity contribution in [1.29, 1.82) is 0 Å². The van der Waals surface area contributed by atoms with Crippen molar-refractivity contribution in [3.8, 4) is 5.75 Å². The van der Waals surface area contributed by atoms with E-state index in [1.54, 1.807) is 14.0 Å². The SMILES string of the molecule is COc1ccccc1NCC(=O)O[C@@H](C)c1nc(C(C)(C)C)no1. The van der Waals surface area contributed by atoms with Gasteiger partial charge in [0.25, 0.3) is 5.89 Å². The number of benzene rings is 1. The van der Waals surface area contributed by atoms with E-state index in [0.717, 1.165) is 5.69 Å². The zero-order valence-electron chi connectivity index (χ0n) is 14.6. The van der Waals surface area contributed by atoms with Crippen molar-refractivity contribution in [2.75, 3.05) is 19.0 Å². The first-order valence-corrected chi connectivity index (χ1v) is 7.71. The van der Waals surface area contributed by atoms with Crippen molar-refractivity contribution >= 4 is 11.7 Å². The molecule has 1 heterocycles. The highest BCUT2D eigenvalue weighted by molar-refractivity contribution is 5.76. The molecule has 0 aliphatic rings. The first kappa shape index (κ1) is 17.8. The van der Waals surface area contributed by atoms with Crippen LogP contribution in [0.2, 0.25) is 0 Å². The number of esters is 1. The molecule has 2 aromatic rings. The fraction of sp³-hybridized carbons (Fsp3) is 0.471. The van der Waals surface area contributed by atoms with Gasteiger partial charge in [-0.3, -0.25) is 4.79 Å². The monoisotopic (exact) mass is 333 g/mol. The molecular formula is C17H23N3O4. The maximum atomic E-state index is 12.0. The lowest BCUT2D eigenvalue weighted by molar-refractivity contribution is -0.147. The van der Waals surface area contributed by atoms with E-state index in [1.807, 2.05) is 45.0 Å². The second-order valence-electron chi connectivity index (χ2n) is 6.39. The molecule has 1 atom stereocenters. The molecule has 0 saturated heterocycles. The van der Waals surface area contributed by atoms with E-state index < -0.39 is 12.1 Å². The molecule has 0 aliphatic heterocycles. The highest BCUT2D eigenvalue weighted by Crippen LogP contribution is 2.24. The van der Waals surface area contributed by atoms with Gasteiger partial charge in [0.15, 0.2) is 11.9 Å². The minimum atomic E-state index is -0.611. The molecule has 0 amide bonds. The topological polar surface area (TPSA) is 86.5 Å². The van der Waals surface area contributed by atoms with Crippen molar-refractivity contribution in [3.05, 3.63) is 36.0 Å². The van der Waals surface area contributed by atoms with Gasteiger partial charge in [0.05, 0.1) is 12.8 Å². The summed E-state index contributed by atoms with van der Waals surface area (Å²) in [6, 6.07) is 7.34. The Kier molecular flexibility index (Phi) is 5.43. The Morgan fingerprint density at radius 3 is 2.67 bits per heavy atom. The summed E-state index contributed by atoms with van der Waals surface area (Å²) >= 11 is 0. The molecule has 0 radical (unpaired) electrons. The van der Waals surface area contributed by atoms with Gasteiger partial charge in [-0.25, -0.2) is 0 Å². The molecule has 1 N–H and O–H groups in total. The van der Waals surface area contributed by atoms with Crippen LogP contribution in [0, 0.1) is 0 Å². The number of nitrogens with zero attached hydrogens (tertiary/aromatic N) is 2. The van der Waals surface area contributed by atoms with Gasteiger partial charge in [-0.15, -0.1) is 0 Å². The van der Waals surface area contributed by atoms with Crippen LogP contribution >= 0.6 is 0 Å². The standard InChI is InChI=1S/C17H23N3O4/c1-11(15-19-16(20-24-15)17(2,3)4)23-14(21)10-18-12-8-6-7-9-13(12)22-5/h6-9,11,18H,10H2,1-5H3/t11-/m0/s1. The zero-order valence-corrected chi connectivity index (χ0v) is 14.6. The molecule has 1 aromatic carbocycles. The summed E-state index contributed by atoms with van der Waals surface area (Å²) in [4.78, 5) is 16.3. The van der Waals surface area contributed by atoms with Crippen molar-refractivity contribution < 1.29 is 18.8 Å². The Bertz CT molecular complexity index is 691. The molecule has 1 aromatic heterocycles.